The highest BCUT2D eigenvalue weighted by atomic mass is 79.9. The van der Waals surface area contributed by atoms with Crippen molar-refractivity contribution in [1.29, 1.82) is 0 Å². The maximum Gasteiger partial charge on any atom is 0.323 e. The number of aromatic nitrogens is 1. The molecule has 0 atom stereocenters. The van der Waals surface area contributed by atoms with E-state index in [9.17, 15) is 9.59 Å². The van der Waals surface area contributed by atoms with Crippen molar-refractivity contribution < 1.29 is 14.7 Å². The first kappa shape index (κ1) is 14.8. The van der Waals surface area contributed by atoms with Gasteiger partial charge in [0.25, 0.3) is 5.91 Å². The number of amides is 1. The summed E-state index contributed by atoms with van der Waals surface area (Å²) in [6.07, 6.45) is 1.81. The summed E-state index contributed by atoms with van der Waals surface area (Å²) in [5.74, 6) is -1.27. The molecule has 0 spiro atoms. The lowest BCUT2D eigenvalue weighted by Crippen LogP contribution is -2.41. The van der Waals surface area contributed by atoms with Crippen molar-refractivity contribution in [2.24, 2.45) is 0 Å². The Labute approximate surface area is 115 Å². The maximum atomic E-state index is 12.3. The second kappa shape index (κ2) is 6.04. The number of hydrogen-bond donors (Lipinski definition) is 1. The van der Waals surface area contributed by atoms with Crippen LogP contribution in [0.25, 0.3) is 0 Å². The largest absolute Gasteiger partial charge is 0.480 e. The molecule has 0 aliphatic rings. The van der Waals surface area contributed by atoms with Crippen molar-refractivity contribution >= 4 is 27.8 Å². The Morgan fingerprint density at radius 3 is 2.56 bits per heavy atom. The first-order chi connectivity index (χ1) is 8.36. The van der Waals surface area contributed by atoms with Crippen LogP contribution in [0.2, 0.25) is 0 Å². The van der Waals surface area contributed by atoms with Crippen molar-refractivity contribution in [2.75, 3.05) is 6.54 Å². The van der Waals surface area contributed by atoms with E-state index in [-0.39, 0.29) is 18.5 Å². The Balaban J connectivity index is 3.05. The van der Waals surface area contributed by atoms with E-state index >= 15 is 0 Å². The summed E-state index contributed by atoms with van der Waals surface area (Å²) < 4.78 is 2.61. The summed E-state index contributed by atoms with van der Waals surface area (Å²) in [6.45, 7) is 5.90. The molecule has 18 heavy (non-hydrogen) atoms. The van der Waals surface area contributed by atoms with Crippen LogP contribution in [0, 0.1) is 0 Å². The minimum atomic E-state index is -1.01. The normalized spacial score (nSPS) is 10.7. The highest BCUT2D eigenvalue weighted by molar-refractivity contribution is 9.10. The van der Waals surface area contributed by atoms with E-state index in [1.165, 1.54) is 4.90 Å². The van der Waals surface area contributed by atoms with Crippen molar-refractivity contribution in [3.63, 3.8) is 0 Å². The van der Waals surface area contributed by atoms with Gasteiger partial charge in [-0.2, -0.15) is 0 Å². The van der Waals surface area contributed by atoms with Gasteiger partial charge in [0.15, 0.2) is 0 Å². The number of carbonyl (C=O) groups is 2. The number of nitrogens with zero attached hydrogens (tertiary/aromatic N) is 2. The number of hydrogen-bond acceptors (Lipinski definition) is 2. The molecule has 1 aromatic heterocycles. The monoisotopic (exact) mass is 316 g/mol. The molecule has 0 aliphatic carbocycles. The number of aliphatic carboxylic acids is 1. The van der Waals surface area contributed by atoms with E-state index in [2.05, 4.69) is 15.9 Å². The molecule has 0 saturated carbocycles. The van der Waals surface area contributed by atoms with E-state index in [1.54, 1.807) is 24.5 Å². The van der Waals surface area contributed by atoms with E-state index in [0.29, 0.717) is 12.2 Å². The van der Waals surface area contributed by atoms with Crippen LogP contribution >= 0.6 is 15.9 Å². The SMILES string of the molecule is CCn1cc(Br)cc1C(=O)N(CC(=O)O)C(C)C. The zero-order valence-corrected chi connectivity index (χ0v) is 12.3. The molecule has 0 radical (unpaired) electrons. The lowest BCUT2D eigenvalue weighted by molar-refractivity contribution is -0.138. The Morgan fingerprint density at radius 1 is 1.50 bits per heavy atom. The van der Waals surface area contributed by atoms with Gasteiger partial charge in [-0.3, -0.25) is 9.59 Å². The third-order valence-corrected chi connectivity index (χ3v) is 3.05. The van der Waals surface area contributed by atoms with Crippen molar-refractivity contribution in [3.8, 4) is 0 Å². The fraction of sp³-hybridized carbons (Fsp3) is 0.500. The fourth-order valence-electron chi connectivity index (χ4n) is 1.70. The molecule has 0 unspecified atom stereocenters. The number of rotatable bonds is 5. The summed E-state index contributed by atoms with van der Waals surface area (Å²) in [5.41, 5.74) is 0.499. The maximum absolute atomic E-state index is 12.3. The van der Waals surface area contributed by atoms with Crippen LogP contribution in [-0.4, -0.2) is 39.0 Å². The standard InChI is InChI=1S/C12H17BrN2O3/c1-4-14-6-9(13)5-10(14)12(18)15(8(2)3)7-11(16)17/h5-6,8H,4,7H2,1-3H3,(H,16,17). The van der Waals surface area contributed by atoms with Crippen molar-refractivity contribution in [3.05, 3.63) is 22.4 Å². The van der Waals surface area contributed by atoms with Gasteiger partial charge in [0.1, 0.15) is 12.2 Å². The summed E-state index contributed by atoms with van der Waals surface area (Å²) >= 11 is 3.32. The van der Waals surface area contributed by atoms with E-state index in [1.807, 2.05) is 13.1 Å². The summed E-state index contributed by atoms with van der Waals surface area (Å²) in [7, 11) is 0. The van der Waals surface area contributed by atoms with Crippen LogP contribution in [0.5, 0.6) is 0 Å². The molecule has 6 heteroatoms. The molecule has 1 amide bonds. The molecule has 0 aliphatic heterocycles. The zero-order chi connectivity index (χ0) is 13.9. The van der Waals surface area contributed by atoms with Gasteiger partial charge in [-0.25, -0.2) is 0 Å². The molecule has 1 rings (SSSR count). The first-order valence-corrected chi connectivity index (χ1v) is 6.54. The molecule has 1 heterocycles. The van der Waals surface area contributed by atoms with E-state index in [0.717, 1.165) is 4.47 Å². The van der Waals surface area contributed by atoms with Gasteiger partial charge in [0, 0.05) is 23.3 Å². The van der Waals surface area contributed by atoms with E-state index in [4.69, 9.17) is 5.11 Å². The van der Waals surface area contributed by atoms with Gasteiger partial charge >= 0.3 is 5.97 Å². The van der Waals surface area contributed by atoms with E-state index < -0.39 is 5.97 Å². The molecule has 0 saturated heterocycles. The molecular weight excluding hydrogens is 300 g/mol. The fourth-order valence-corrected chi connectivity index (χ4v) is 2.16. The third kappa shape index (κ3) is 3.35. The highest BCUT2D eigenvalue weighted by Gasteiger charge is 2.23. The van der Waals surface area contributed by atoms with Crippen LogP contribution in [0.1, 0.15) is 31.3 Å². The molecule has 1 aromatic rings. The Morgan fingerprint density at radius 2 is 2.11 bits per heavy atom. The smallest absolute Gasteiger partial charge is 0.323 e. The quantitative estimate of drug-likeness (QED) is 0.905. The Hall–Kier alpha value is -1.30. The van der Waals surface area contributed by atoms with Gasteiger partial charge in [0.2, 0.25) is 0 Å². The summed E-state index contributed by atoms with van der Waals surface area (Å²) in [6, 6.07) is 1.55. The number of carboxylic acid groups (broad SMARTS) is 1. The van der Waals surface area contributed by atoms with Crippen LogP contribution in [0.4, 0.5) is 0 Å². The van der Waals surface area contributed by atoms with Crippen LogP contribution in [0.3, 0.4) is 0 Å². The summed E-state index contributed by atoms with van der Waals surface area (Å²) in [4.78, 5) is 24.5. The second-order valence-electron chi connectivity index (χ2n) is 4.25. The van der Waals surface area contributed by atoms with Crippen LogP contribution in [0.15, 0.2) is 16.7 Å². The molecule has 0 aromatic carbocycles. The summed E-state index contributed by atoms with van der Waals surface area (Å²) in [5, 5.41) is 8.85. The Kier molecular flexibility index (Phi) is 4.95. The molecular formula is C12H17BrN2O3. The van der Waals surface area contributed by atoms with Gasteiger partial charge in [-0.05, 0) is 42.8 Å². The van der Waals surface area contributed by atoms with Gasteiger partial charge in [0.05, 0.1) is 0 Å². The lowest BCUT2D eigenvalue weighted by Gasteiger charge is -2.25. The molecule has 0 fully saturated rings. The average molecular weight is 317 g/mol. The predicted molar refractivity (Wildman–Crippen MR) is 71.6 cm³/mol. The number of aryl methyl sites for hydroxylation is 1. The minimum Gasteiger partial charge on any atom is -0.480 e. The number of carbonyl (C=O) groups excluding carboxylic acids is 1. The minimum absolute atomic E-state index is 0.160. The predicted octanol–water partition coefficient (Wildman–Crippen LogP) is 2.21. The second-order valence-corrected chi connectivity index (χ2v) is 5.17. The van der Waals surface area contributed by atoms with Gasteiger partial charge in [-0.15, -0.1) is 0 Å². The highest BCUT2D eigenvalue weighted by Crippen LogP contribution is 2.17. The lowest BCUT2D eigenvalue weighted by atomic mass is 10.2. The van der Waals surface area contributed by atoms with Crippen molar-refractivity contribution in [1.82, 2.24) is 9.47 Å². The average Bonchev–Trinajstić information content (AvgIpc) is 2.65. The van der Waals surface area contributed by atoms with Crippen LogP contribution < -0.4 is 0 Å². The first-order valence-electron chi connectivity index (χ1n) is 5.75. The third-order valence-electron chi connectivity index (χ3n) is 2.61. The van der Waals surface area contributed by atoms with Crippen LogP contribution in [-0.2, 0) is 11.3 Å². The molecule has 100 valence electrons. The molecule has 5 nitrogen and oxygen atoms in total. The molecule has 1 N–H and O–H groups in total. The Bertz CT molecular complexity index is 454. The number of halogens is 1. The van der Waals surface area contributed by atoms with Gasteiger partial charge < -0.3 is 14.6 Å². The topological polar surface area (TPSA) is 62.5 Å². The van der Waals surface area contributed by atoms with Crippen molar-refractivity contribution in [2.45, 2.75) is 33.4 Å². The molecule has 0 bridgehead atoms. The number of carboxylic acids is 1. The van der Waals surface area contributed by atoms with Gasteiger partial charge in [-0.1, -0.05) is 0 Å². The zero-order valence-electron chi connectivity index (χ0n) is 10.7.